The second-order valence-corrected chi connectivity index (χ2v) is 8.79. The SMILES string of the molecule is COc1ccccc1N1CCN(C2=NC(Cc3ccccc3)C(=O)N2c2ccc(C)cc2)CC1. The summed E-state index contributed by atoms with van der Waals surface area (Å²) in [6, 6.07) is 26.0. The summed E-state index contributed by atoms with van der Waals surface area (Å²) in [6.07, 6.45) is 0.604. The molecule has 2 aliphatic heterocycles. The van der Waals surface area contributed by atoms with Crippen molar-refractivity contribution in [2.45, 2.75) is 19.4 Å². The van der Waals surface area contributed by atoms with Crippen molar-refractivity contribution < 1.29 is 9.53 Å². The first-order valence-corrected chi connectivity index (χ1v) is 11.8. The Kier molecular flexibility index (Phi) is 6.21. The number of carbonyl (C=O) groups is 1. The summed E-state index contributed by atoms with van der Waals surface area (Å²) in [5, 5.41) is 0. The third-order valence-corrected chi connectivity index (χ3v) is 6.53. The summed E-state index contributed by atoms with van der Waals surface area (Å²) >= 11 is 0. The molecule has 6 nitrogen and oxygen atoms in total. The van der Waals surface area contributed by atoms with Gasteiger partial charge < -0.3 is 14.5 Å². The molecule has 34 heavy (non-hydrogen) atoms. The van der Waals surface area contributed by atoms with Crippen LogP contribution in [0.3, 0.4) is 0 Å². The van der Waals surface area contributed by atoms with E-state index in [-0.39, 0.29) is 5.91 Å². The van der Waals surface area contributed by atoms with E-state index in [4.69, 9.17) is 9.73 Å². The van der Waals surface area contributed by atoms with Crippen molar-refractivity contribution in [3.8, 4) is 5.75 Å². The number of aliphatic imine (C=N–C) groups is 1. The molecular formula is C28H30N4O2. The first-order valence-electron chi connectivity index (χ1n) is 11.8. The number of piperazine rings is 1. The topological polar surface area (TPSA) is 48.4 Å². The minimum atomic E-state index is -0.411. The molecule has 1 atom stereocenters. The van der Waals surface area contributed by atoms with Crippen LogP contribution in [0.25, 0.3) is 0 Å². The van der Waals surface area contributed by atoms with E-state index in [9.17, 15) is 4.79 Å². The van der Waals surface area contributed by atoms with Crippen LogP contribution in [0.1, 0.15) is 11.1 Å². The summed E-state index contributed by atoms with van der Waals surface area (Å²) in [7, 11) is 1.71. The fourth-order valence-electron chi connectivity index (χ4n) is 4.67. The predicted molar refractivity (Wildman–Crippen MR) is 137 cm³/mol. The number of ether oxygens (including phenoxy) is 1. The highest BCUT2D eigenvalue weighted by Crippen LogP contribution is 2.30. The molecule has 1 unspecified atom stereocenters. The Morgan fingerprint density at radius 1 is 0.853 bits per heavy atom. The Morgan fingerprint density at radius 3 is 2.21 bits per heavy atom. The number of hydrogen-bond donors (Lipinski definition) is 0. The van der Waals surface area contributed by atoms with Gasteiger partial charge in [0.1, 0.15) is 11.8 Å². The first kappa shape index (κ1) is 22.0. The molecule has 1 fully saturated rings. The Bertz CT molecular complexity index is 1170. The minimum absolute atomic E-state index is 0.0369. The first-order chi connectivity index (χ1) is 16.6. The Hall–Kier alpha value is -3.80. The number of benzene rings is 3. The van der Waals surface area contributed by atoms with E-state index >= 15 is 0 Å². The highest BCUT2D eigenvalue weighted by molar-refractivity contribution is 6.22. The number of aryl methyl sites for hydroxylation is 1. The van der Waals surface area contributed by atoms with Gasteiger partial charge in [-0.25, -0.2) is 9.89 Å². The van der Waals surface area contributed by atoms with Crippen molar-refractivity contribution in [3.05, 3.63) is 90.0 Å². The van der Waals surface area contributed by atoms with Crippen LogP contribution < -0.4 is 14.5 Å². The zero-order valence-electron chi connectivity index (χ0n) is 19.7. The van der Waals surface area contributed by atoms with Gasteiger partial charge in [-0.2, -0.15) is 0 Å². The van der Waals surface area contributed by atoms with Crippen LogP contribution in [0.15, 0.2) is 83.9 Å². The summed E-state index contributed by atoms with van der Waals surface area (Å²) in [5.41, 5.74) is 4.26. The van der Waals surface area contributed by atoms with Gasteiger partial charge in [0.25, 0.3) is 5.91 Å². The molecule has 0 spiro atoms. The predicted octanol–water partition coefficient (Wildman–Crippen LogP) is 4.14. The quantitative estimate of drug-likeness (QED) is 0.581. The number of nitrogens with zero attached hydrogens (tertiary/aromatic N) is 4. The third kappa shape index (κ3) is 4.36. The summed E-state index contributed by atoms with van der Waals surface area (Å²) in [6.45, 7) is 5.28. The van der Waals surface area contributed by atoms with E-state index in [0.717, 1.165) is 54.8 Å². The standard InChI is InChI=1S/C28H30N4O2/c1-21-12-14-23(15-13-21)32-27(33)24(20-22-8-4-3-5-9-22)29-28(32)31-18-16-30(17-19-31)25-10-6-7-11-26(25)34-2/h3-15,24H,16-20H2,1-2H3. The van der Waals surface area contributed by atoms with Gasteiger partial charge in [-0.1, -0.05) is 60.2 Å². The zero-order valence-corrected chi connectivity index (χ0v) is 19.7. The van der Waals surface area contributed by atoms with Gasteiger partial charge in [-0.05, 0) is 36.8 Å². The molecule has 2 heterocycles. The molecule has 0 radical (unpaired) electrons. The Labute approximate surface area is 201 Å². The van der Waals surface area contributed by atoms with Crippen LogP contribution in [-0.2, 0) is 11.2 Å². The van der Waals surface area contributed by atoms with Gasteiger partial charge in [-0.15, -0.1) is 0 Å². The van der Waals surface area contributed by atoms with Crippen molar-refractivity contribution in [2.75, 3.05) is 43.1 Å². The van der Waals surface area contributed by atoms with Crippen molar-refractivity contribution in [2.24, 2.45) is 4.99 Å². The summed E-state index contributed by atoms with van der Waals surface area (Å²) in [5.74, 6) is 1.68. The highest BCUT2D eigenvalue weighted by atomic mass is 16.5. The van der Waals surface area contributed by atoms with Gasteiger partial charge in [0, 0.05) is 32.6 Å². The Balaban J connectivity index is 1.39. The molecule has 3 aromatic rings. The maximum Gasteiger partial charge on any atom is 0.259 e. The lowest BCUT2D eigenvalue weighted by atomic mass is 10.1. The van der Waals surface area contributed by atoms with Crippen LogP contribution in [0.5, 0.6) is 5.75 Å². The van der Waals surface area contributed by atoms with Crippen molar-refractivity contribution in [1.29, 1.82) is 0 Å². The number of methoxy groups -OCH3 is 1. The number of amides is 1. The molecule has 0 saturated carbocycles. The van der Waals surface area contributed by atoms with Gasteiger partial charge in [0.05, 0.1) is 18.5 Å². The molecule has 1 amide bonds. The maximum atomic E-state index is 13.6. The molecule has 174 valence electrons. The lowest BCUT2D eigenvalue weighted by Gasteiger charge is -2.39. The number of rotatable bonds is 5. The molecule has 6 heteroatoms. The van der Waals surface area contributed by atoms with Crippen LogP contribution in [0, 0.1) is 6.92 Å². The molecule has 0 aromatic heterocycles. The molecule has 1 saturated heterocycles. The summed E-state index contributed by atoms with van der Waals surface area (Å²) in [4.78, 5) is 24.9. The van der Waals surface area contributed by atoms with Crippen molar-refractivity contribution in [3.63, 3.8) is 0 Å². The number of hydrogen-bond acceptors (Lipinski definition) is 5. The molecular weight excluding hydrogens is 424 g/mol. The third-order valence-electron chi connectivity index (χ3n) is 6.53. The minimum Gasteiger partial charge on any atom is -0.495 e. The van der Waals surface area contributed by atoms with Crippen molar-refractivity contribution in [1.82, 2.24) is 4.90 Å². The van der Waals surface area contributed by atoms with E-state index in [1.54, 1.807) is 7.11 Å². The summed E-state index contributed by atoms with van der Waals surface area (Å²) < 4.78 is 5.56. The number of para-hydroxylation sites is 2. The second-order valence-electron chi connectivity index (χ2n) is 8.79. The van der Waals surface area contributed by atoms with E-state index in [0.29, 0.717) is 6.42 Å². The van der Waals surface area contributed by atoms with Gasteiger partial charge in [0.15, 0.2) is 0 Å². The fraction of sp³-hybridized carbons (Fsp3) is 0.286. The van der Waals surface area contributed by atoms with Crippen LogP contribution in [-0.4, -0.2) is 56.1 Å². The molecule has 0 bridgehead atoms. The molecule has 0 aliphatic carbocycles. The van der Waals surface area contributed by atoms with Crippen LogP contribution in [0.2, 0.25) is 0 Å². The number of guanidine groups is 1. The number of carbonyl (C=O) groups excluding carboxylic acids is 1. The van der Waals surface area contributed by atoms with E-state index < -0.39 is 6.04 Å². The van der Waals surface area contributed by atoms with Gasteiger partial charge in [0.2, 0.25) is 5.96 Å². The Morgan fingerprint density at radius 2 is 1.50 bits per heavy atom. The average Bonchev–Trinajstić information content (AvgIpc) is 3.21. The van der Waals surface area contributed by atoms with Crippen molar-refractivity contribution >= 4 is 23.2 Å². The highest BCUT2D eigenvalue weighted by Gasteiger charge is 2.39. The molecule has 5 rings (SSSR count). The zero-order chi connectivity index (χ0) is 23.5. The van der Waals surface area contributed by atoms with Gasteiger partial charge >= 0.3 is 0 Å². The average molecular weight is 455 g/mol. The molecule has 0 N–H and O–H groups in total. The maximum absolute atomic E-state index is 13.6. The number of anilines is 2. The monoisotopic (exact) mass is 454 g/mol. The molecule has 2 aliphatic rings. The van der Waals surface area contributed by atoms with Crippen LogP contribution >= 0.6 is 0 Å². The lowest BCUT2D eigenvalue weighted by Crippen LogP contribution is -2.53. The smallest absolute Gasteiger partial charge is 0.259 e. The largest absolute Gasteiger partial charge is 0.495 e. The second kappa shape index (κ2) is 9.59. The van der Waals surface area contributed by atoms with Crippen LogP contribution in [0.4, 0.5) is 11.4 Å². The van der Waals surface area contributed by atoms with E-state index in [1.807, 2.05) is 65.6 Å². The van der Waals surface area contributed by atoms with E-state index in [2.05, 4.69) is 34.9 Å². The normalized spacial score (nSPS) is 18.3. The lowest BCUT2D eigenvalue weighted by molar-refractivity contribution is -0.118. The molecule has 3 aromatic carbocycles. The van der Waals surface area contributed by atoms with E-state index in [1.165, 1.54) is 5.56 Å². The van der Waals surface area contributed by atoms with Gasteiger partial charge in [-0.3, -0.25) is 4.79 Å². The fourth-order valence-corrected chi connectivity index (χ4v) is 4.67.